The maximum Gasteiger partial charge on any atom is 0.493 e. The molecule has 0 spiro atoms. The van der Waals surface area contributed by atoms with Crippen molar-refractivity contribution in [2.45, 2.75) is 70.1 Å². The molecule has 1 amide bonds. The number of halogens is 3. The van der Waals surface area contributed by atoms with Gasteiger partial charge in [-0.2, -0.15) is 13.2 Å². The fourth-order valence-corrected chi connectivity index (χ4v) is 4.64. The number of hydroxylamine groups is 1. The molecule has 0 aliphatic carbocycles. The van der Waals surface area contributed by atoms with Gasteiger partial charge in [-0.25, -0.2) is 9.59 Å². The Morgan fingerprint density at radius 1 is 0.872 bits per heavy atom. The van der Waals surface area contributed by atoms with E-state index < -0.39 is 24.3 Å². The molecule has 0 radical (unpaired) electrons. The normalized spacial score (nSPS) is 14.7. The Morgan fingerprint density at radius 3 is 2.10 bits per heavy atom. The predicted molar refractivity (Wildman–Crippen MR) is 144 cm³/mol. The SMILES string of the molecule is NCCCCCCCCCN1CCC(OC(=O)N(OC(=O)C(F)(F)F)c2ccccc2-c2ccccc2)CC1. The summed E-state index contributed by atoms with van der Waals surface area (Å²) in [6.07, 6.45) is 2.34. The van der Waals surface area contributed by atoms with Gasteiger partial charge in [0.05, 0.1) is 5.69 Å². The van der Waals surface area contributed by atoms with Crippen molar-refractivity contribution in [2.24, 2.45) is 5.73 Å². The number of benzene rings is 2. The summed E-state index contributed by atoms with van der Waals surface area (Å²) in [5.41, 5.74) is 6.55. The van der Waals surface area contributed by atoms with Gasteiger partial charge in [0.15, 0.2) is 0 Å². The van der Waals surface area contributed by atoms with Gasteiger partial charge in [-0.05, 0) is 50.4 Å². The van der Waals surface area contributed by atoms with Gasteiger partial charge in [-0.15, -0.1) is 5.06 Å². The Morgan fingerprint density at radius 2 is 1.46 bits per heavy atom. The molecule has 2 N–H and O–H groups in total. The van der Waals surface area contributed by atoms with E-state index in [9.17, 15) is 22.8 Å². The second kappa shape index (κ2) is 15.5. The lowest BCUT2D eigenvalue weighted by Gasteiger charge is -2.32. The van der Waals surface area contributed by atoms with Crippen molar-refractivity contribution in [3.05, 3.63) is 54.6 Å². The third-order valence-electron chi connectivity index (χ3n) is 6.76. The van der Waals surface area contributed by atoms with Crippen LogP contribution in [0.5, 0.6) is 0 Å². The molecule has 0 bridgehead atoms. The summed E-state index contributed by atoms with van der Waals surface area (Å²) in [5, 5.41) is 0.318. The van der Waals surface area contributed by atoms with Crippen molar-refractivity contribution < 1.29 is 32.3 Å². The van der Waals surface area contributed by atoms with Gasteiger partial charge in [0.2, 0.25) is 0 Å². The van der Waals surface area contributed by atoms with Crippen LogP contribution < -0.4 is 10.8 Å². The van der Waals surface area contributed by atoms with Gasteiger partial charge in [0.1, 0.15) is 6.10 Å². The summed E-state index contributed by atoms with van der Waals surface area (Å²) in [6, 6.07) is 15.1. The minimum atomic E-state index is -5.28. The van der Waals surface area contributed by atoms with Crippen LogP contribution in [0, 0.1) is 0 Å². The van der Waals surface area contributed by atoms with Crippen molar-refractivity contribution in [2.75, 3.05) is 31.2 Å². The van der Waals surface area contributed by atoms with E-state index in [1.54, 1.807) is 48.5 Å². The van der Waals surface area contributed by atoms with E-state index in [1.165, 1.54) is 31.7 Å². The van der Waals surface area contributed by atoms with Crippen LogP contribution in [0.15, 0.2) is 54.6 Å². The number of anilines is 1. The number of nitrogens with two attached hydrogens (primary N) is 1. The first-order valence-corrected chi connectivity index (χ1v) is 13.7. The molecule has 1 heterocycles. The first-order valence-electron chi connectivity index (χ1n) is 13.7. The number of ether oxygens (including phenoxy) is 1. The topological polar surface area (TPSA) is 85.1 Å². The molecule has 1 saturated heterocycles. The van der Waals surface area contributed by atoms with E-state index in [1.807, 2.05) is 0 Å². The number of alkyl halides is 3. The molecule has 10 heteroatoms. The summed E-state index contributed by atoms with van der Waals surface area (Å²) in [7, 11) is 0. The molecule has 0 aromatic heterocycles. The lowest BCUT2D eigenvalue weighted by atomic mass is 10.0. The molecule has 39 heavy (non-hydrogen) atoms. The average molecular weight is 550 g/mol. The van der Waals surface area contributed by atoms with Gasteiger partial charge in [-0.3, -0.25) is 0 Å². The maximum atomic E-state index is 13.1. The number of unbranched alkanes of at least 4 members (excludes halogenated alkanes) is 6. The first-order chi connectivity index (χ1) is 18.8. The average Bonchev–Trinajstić information content (AvgIpc) is 2.94. The molecule has 2 aromatic rings. The number of carbonyl (C=O) groups is 2. The molecule has 0 atom stereocenters. The lowest BCUT2D eigenvalue weighted by Crippen LogP contribution is -2.43. The van der Waals surface area contributed by atoms with Crippen LogP contribution in [-0.2, 0) is 14.4 Å². The van der Waals surface area contributed by atoms with Crippen LogP contribution in [0.1, 0.15) is 57.8 Å². The summed E-state index contributed by atoms with van der Waals surface area (Å²) in [6.45, 7) is 3.15. The molecule has 7 nitrogen and oxygen atoms in total. The number of likely N-dealkylation sites (tertiary alicyclic amines) is 1. The number of piperidine rings is 1. The molecule has 214 valence electrons. The van der Waals surface area contributed by atoms with Crippen molar-refractivity contribution in [1.82, 2.24) is 4.90 Å². The van der Waals surface area contributed by atoms with E-state index in [-0.39, 0.29) is 5.69 Å². The smallest absolute Gasteiger partial charge is 0.444 e. The largest absolute Gasteiger partial charge is 0.493 e. The number of rotatable bonds is 12. The van der Waals surface area contributed by atoms with Crippen LogP contribution in [0.25, 0.3) is 11.1 Å². The zero-order valence-electron chi connectivity index (χ0n) is 22.2. The Hall–Kier alpha value is -3.11. The molecule has 3 rings (SSSR count). The Labute approximate surface area is 228 Å². The third kappa shape index (κ3) is 9.85. The highest BCUT2D eigenvalue weighted by Crippen LogP contribution is 2.33. The summed E-state index contributed by atoms with van der Waals surface area (Å²) in [5.74, 6) is -2.50. The van der Waals surface area contributed by atoms with Crippen molar-refractivity contribution in [3.8, 4) is 11.1 Å². The van der Waals surface area contributed by atoms with Gasteiger partial charge in [-0.1, -0.05) is 80.6 Å². The molecule has 1 aliphatic heterocycles. The van der Waals surface area contributed by atoms with E-state index in [0.29, 0.717) is 29.0 Å². The van der Waals surface area contributed by atoms with E-state index >= 15 is 0 Å². The summed E-state index contributed by atoms with van der Waals surface area (Å²) < 4.78 is 44.8. The molecule has 0 saturated carbocycles. The summed E-state index contributed by atoms with van der Waals surface area (Å²) >= 11 is 0. The molecular formula is C29H38F3N3O4. The standard InChI is InChI=1S/C29H38F3N3O4/c30-29(31,32)27(36)39-35(26-16-10-9-15-25(26)23-13-7-6-8-14-23)28(37)38-24-17-21-34(22-18-24)20-12-5-3-1-2-4-11-19-33/h6-10,13-16,24H,1-5,11-12,17-22,33H2. The predicted octanol–water partition coefficient (Wildman–Crippen LogP) is 6.47. The van der Waals surface area contributed by atoms with Crippen LogP contribution in [-0.4, -0.2) is 55.4 Å². The van der Waals surface area contributed by atoms with Gasteiger partial charge in [0.25, 0.3) is 0 Å². The number of carbonyl (C=O) groups excluding carboxylic acids is 2. The van der Waals surface area contributed by atoms with Gasteiger partial charge in [0, 0.05) is 18.7 Å². The fraction of sp³-hybridized carbons (Fsp3) is 0.517. The second-order valence-electron chi connectivity index (χ2n) is 9.74. The fourth-order valence-electron chi connectivity index (χ4n) is 4.64. The molecule has 0 unspecified atom stereocenters. The number of nitrogens with zero attached hydrogens (tertiary/aromatic N) is 2. The molecule has 2 aromatic carbocycles. The zero-order valence-corrected chi connectivity index (χ0v) is 22.2. The van der Waals surface area contributed by atoms with E-state index in [2.05, 4.69) is 9.74 Å². The minimum absolute atomic E-state index is 0.0215. The number of amides is 1. The maximum absolute atomic E-state index is 13.1. The van der Waals surface area contributed by atoms with Crippen molar-refractivity contribution >= 4 is 17.7 Å². The number of hydrogen-bond acceptors (Lipinski definition) is 6. The highest BCUT2D eigenvalue weighted by atomic mass is 19.4. The second-order valence-corrected chi connectivity index (χ2v) is 9.74. The minimum Gasteiger partial charge on any atom is -0.444 e. The number of para-hydroxylation sites is 1. The highest BCUT2D eigenvalue weighted by Gasteiger charge is 2.44. The van der Waals surface area contributed by atoms with Crippen LogP contribution in [0.3, 0.4) is 0 Å². The molecular weight excluding hydrogens is 511 g/mol. The van der Waals surface area contributed by atoms with Crippen LogP contribution >= 0.6 is 0 Å². The Balaban J connectivity index is 1.57. The van der Waals surface area contributed by atoms with Crippen molar-refractivity contribution in [1.29, 1.82) is 0 Å². The first kappa shape index (κ1) is 30.4. The molecule has 1 fully saturated rings. The van der Waals surface area contributed by atoms with E-state index in [4.69, 9.17) is 10.5 Å². The molecule has 1 aliphatic rings. The van der Waals surface area contributed by atoms with Crippen molar-refractivity contribution in [3.63, 3.8) is 0 Å². The summed E-state index contributed by atoms with van der Waals surface area (Å²) in [4.78, 5) is 31.7. The zero-order chi connectivity index (χ0) is 28.1. The lowest BCUT2D eigenvalue weighted by molar-refractivity contribution is -0.200. The van der Waals surface area contributed by atoms with Gasteiger partial charge < -0.3 is 20.2 Å². The third-order valence-corrected chi connectivity index (χ3v) is 6.76. The van der Waals surface area contributed by atoms with Crippen LogP contribution in [0.2, 0.25) is 0 Å². The van der Waals surface area contributed by atoms with Gasteiger partial charge >= 0.3 is 18.2 Å². The van der Waals surface area contributed by atoms with E-state index in [0.717, 1.165) is 45.4 Å². The quantitative estimate of drug-likeness (QED) is 0.241. The highest BCUT2D eigenvalue weighted by molar-refractivity contribution is 5.94. The monoisotopic (exact) mass is 549 g/mol. The number of hydrogen-bond donors (Lipinski definition) is 1. The Bertz CT molecular complexity index is 1030. The Kier molecular flexibility index (Phi) is 12.1. The van der Waals surface area contributed by atoms with Crippen LogP contribution in [0.4, 0.5) is 23.7 Å².